The molecule has 0 saturated carbocycles. The fourth-order valence-electron chi connectivity index (χ4n) is 2.61. The number of aryl methyl sites for hydroxylation is 1. The molecule has 0 amide bonds. The summed E-state index contributed by atoms with van der Waals surface area (Å²) in [6.45, 7) is 9.88. The van der Waals surface area contributed by atoms with Gasteiger partial charge in [0.1, 0.15) is 0 Å². The second kappa shape index (κ2) is 6.57. The first-order chi connectivity index (χ1) is 8.38. The lowest BCUT2D eigenvalue weighted by Gasteiger charge is -2.42. The second-order valence-corrected chi connectivity index (χ2v) is 7.03. The van der Waals surface area contributed by atoms with E-state index in [0.717, 1.165) is 26.1 Å². The third-order valence-corrected chi connectivity index (χ3v) is 4.89. The van der Waals surface area contributed by atoms with Crippen molar-refractivity contribution >= 4 is 28.3 Å². The Labute approximate surface area is 131 Å². The standard InChI is InChI=1S/C15H23BrN2.ClH/c1-11-4-5-12(8-13(11)16)9-18-7-6-14(17)15(2,3)10-18;/h4-5,8,14H,6-7,9-10,17H2,1-3H3;1H. The highest BCUT2D eigenvalue weighted by molar-refractivity contribution is 9.10. The fourth-order valence-corrected chi connectivity index (χ4v) is 3.04. The van der Waals surface area contributed by atoms with E-state index in [1.165, 1.54) is 15.6 Å². The fraction of sp³-hybridized carbons (Fsp3) is 0.600. The van der Waals surface area contributed by atoms with Crippen molar-refractivity contribution in [3.63, 3.8) is 0 Å². The van der Waals surface area contributed by atoms with Crippen LogP contribution in [0.3, 0.4) is 0 Å². The summed E-state index contributed by atoms with van der Waals surface area (Å²) in [6, 6.07) is 6.97. The number of benzene rings is 1. The van der Waals surface area contributed by atoms with Gasteiger partial charge in [0.25, 0.3) is 0 Å². The van der Waals surface area contributed by atoms with E-state index in [-0.39, 0.29) is 17.8 Å². The monoisotopic (exact) mass is 346 g/mol. The first-order valence-electron chi connectivity index (χ1n) is 6.61. The average Bonchev–Trinajstić information content (AvgIpc) is 2.28. The Bertz CT molecular complexity index is 434. The molecule has 19 heavy (non-hydrogen) atoms. The SMILES string of the molecule is Cc1ccc(CN2CCC(N)C(C)(C)C2)cc1Br.Cl. The number of likely N-dealkylation sites (tertiary alicyclic amines) is 1. The summed E-state index contributed by atoms with van der Waals surface area (Å²) in [5.41, 5.74) is 9.07. The Kier molecular flexibility index (Phi) is 5.87. The summed E-state index contributed by atoms with van der Waals surface area (Å²) in [6.07, 6.45) is 1.10. The van der Waals surface area contributed by atoms with Crippen LogP contribution in [-0.2, 0) is 6.54 Å². The molecule has 1 atom stereocenters. The minimum atomic E-state index is 0. The van der Waals surface area contributed by atoms with Crippen LogP contribution in [0, 0.1) is 12.3 Å². The van der Waals surface area contributed by atoms with Crippen LogP contribution in [0.2, 0.25) is 0 Å². The van der Waals surface area contributed by atoms with E-state index in [1.54, 1.807) is 0 Å². The lowest BCUT2D eigenvalue weighted by Crippen LogP contribution is -2.52. The first kappa shape index (κ1) is 17.0. The third-order valence-electron chi connectivity index (χ3n) is 4.03. The lowest BCUT2D eigenvalue weighted by molar-refractivity contribution is 0.0899. The number of rotatable bonds is 2. The minimum absolute atomic E-state index is 0. The normalized spacial score (nSPS) is 22.9. The van der Waals surface area contributed by atoms with Crippen molar-refractivity contribution in [3.05, 3.63) is 33.8 Å². The first-order valence-corrected chi connectivity index (χ1v) is 7.41. The molecule has 1 saturated heterocycles. The van der Waals surface area contributed by atoms with E-state index < -0.39 is 0 Å². The molecule has 0 aliphatic carbocycles. The Morgan fingerprint density at radius 3 is 2.68 bits per heavy atom. The summed E-state index contributed by atoms with van der Waals surface area (Å²) < 4.78 is 1.20. The average molecular weight is 348 g/mol. The topological polar surface area (TPSA) is 29.3 Å². The molecule has 0 radical (unpaired) electrons. The molecular weight excluding hydrogens is 324 g/mol. The van der Waals surface area contributed by atoms with Gasteiger partial charge in [0.15, 0.2) is 0 Å². The predicted molar refractivity (Wildman–Crippen MR) is 87.8 cm³/mol. The highest BCUT2D eigenvalue weighted by Gasteiger charge is 2.33. The van der Waals surface area contributed by atoms with E-state index >= 15 is 0 Å². The Balaban J connectivity index is 0.00000180. The van der Waals surface area contributed by atoms with Crippen molar-refractivity contribution in [2.45, 2.75) is 39.8 Å². The van der Waals surface area contributed by atoms with Gasteiger partial charge in [-0.2, -0.15) is 0 Å². The number of hydrogen-bond donors (Lipinski definition) is 1. The third kappa shape index (κ3) is 4.19. The van der Waals surface area contributed by atoms with Crippen molar-refractivity contribution in [2.24, 2.45) is 11.1 Å². The van der Waals surface area contributed by atoms with E-state index in [4.69, 9.17) is 5.73 Å². The molecular formula is C15H24BrClN2. The highest BCUT2D eigenvalue weighted by atomic mass is 79.9. The molecule has 2 rings (SSSR count). The van der Waals surface area contributed by atoms with E-state index in [2.05, 4.69) is 59.8 Å². The number of hydrogen-bond acceptors (Lipinski definition) is 2. The summed E-state index contributed by atoms with van der Waals surface area (Å²) in [4.78, 5) is 2.51. The molecule has 1 aliphatic heterocycles. The molecule has 2 nitrogen and oxygen atoms in total. The van der Waals surface area contributed by atoms with Crippen LogP contribution in [0.5, 0.6) is 0 Å². The number of nitrogens with zero attached hydrogens (tertiary/aromatic N) is 1. The molecule has 1 unspecified atom stereocenters. The van der Waals surface area contributed by atoms with Gasteiger partial charge in [-0.3, -0.25) is 4.90 Å². The van der Waals surface area contributed by atoms with Gasteiger partial charge in [0.2, 0.25) is 0 Å². The van der Waals surface area contributed by atoms with Gasteiger partial charge in [-0.15, -0.1) is 12.4 Å². The Morgan fingerprint density at radius 2 is 2.11 bits per heavy atom. The van der Waals surface area contributed by atoms with Crippen molar-refractivity contribution in [1.82, 2.24) is 4.90 Å². The maximum absolute atomic E-state index is 6.18. The Morgan fingerprint density at radius 1 is 1.42 bits per heavy atom. The van der Waals surface area contributed by atoms with Crippen LogP contribution < -0.4 is 5.73 Å². The summed E-state index contributed by atoms with van der Waals surface area (Å²) >= 11 is 3.60. The Hall–Kier alpha value is -0.0900. The molecule has 1 fully saturated rings. The van der Waals surface area contributed by atoms with Gasteiger partial charge in [0.05, 0.1) is 0 Å². The van der Waals surface area contributed by atoms with Crippen LogP contribution in [0.4, 0.5) is 0 Å². The molecule has 4 heteroatoms. The molecule has 2 N–H and O–H groups in total. The van der Waals surface area contributed by atoms with Crippen molar-refractivity contribution < 1.29 is 0 Å². The number of nitrogens with two attached hydrogens (primary N) is 1. The van der Waals surface area contributed by atoms with Gasteiger partial charge in [0, 0.05) is 30.1 Å². The number of halogens is 2. The van der Waals surface area contributed by atoms with Crippen LogP contribution in [0.1, 0.15) is 31.4 Å². The van der Waals surface area contributed by atoms with Crippen LogP contribution >= 0.6 is 28.3 Å². The molecule has 1 aromatic carbocycles. The summed E-state index contributed by atoms with van der Waals surface area (Å²) in [5.74, 6) is 0. The zero-order valence-electron chi connectivity index (χ0n) is 11.9. The van der Waals surface area contributed by atoms with E-state index in [1.807, 2.05) is 0 Å². The summed E-state index contributed by atoms with van der Waals surface area (Å²) in [7, 11) is 0. The molecule has 1 aliphatic rings. The van der Waals surface area contributed by atoms with Crippen molar-refractivity contribution in [3.8, 4) is 0 Å². The molecule has 0 bridgehead atoms. The van der Waals surface area contributed by atoms with Gasteiger partial charge >= 0.3 is 0 Å². The van der Waals surface area contributed by atoms with Gasteiger partial charge in [-0.1, -0.05) is 41.9 Å². The number of piperidine rings is 1. The molecule has 1 aromatic rings. The second-order valence-electron chi connectivity index (χ2n) is 6.18. The van der Waals surface area contributed by atoms with Crippen molar-refractivity contribution in [1.29, 1.82) is 0 Å². The molecule has 0 aromatic heterocycles. The van der Waals surface area contributed by atoms with Crippen LogP contribution in [0.15, 0.2) is 22.7 Å². The van der Waals surface area contributed by atoms with Gasteiger partial charge in [-0.25, -0.2) is 0 Å². The molecule has 1 heterocycles. The van der Waals surface area contributed by atoms with E-state index in [9.17, 15) is 0 Å². The smallest absolute Gasteiger partial charge is 0.0234 e. The van der Waals surface area contributed by atoms with Crippen LogP contribution in [0.25, 0.3) is 0 Å². The summed E-state index contributed by atoms with van der Waals surface area (Å²) in [5, 5.41) is 0. The van der Waals surface area contributed by atoms with Gasteiger partial charge < -0.3 is 5.73 Å². The van der Waals surface area contributed by atoms with Gasteiger partial charge in [-0.05, 0) is 36.0 Å². The molecule has 108 valence electrons. The minimum Gasteiger partial charge on any atom is -0.327 e. The zero-order valence-corrected chi connectivity index (χ0v) is 14.4. The van der Waals surface area contributed by atoms with Crippen LogP contribution in [-0.4, -0.2) is 24.0 Å². The molecule has 0 spiro atoms. The largest absolute Gasteiger partial charge is 0.327 e. The zero-order chi connectivity index (χ0) is 13.3. The van der Waals surface area contributed by atoms with Crippen molar-refractivity contribution in [2.75, 3.05) is 13.1 Å². The quantitative estimate of drug-likeness (QED) is 0.883. The lowest BCUT2D eigenvalue weighted by atomic mass is 9.79. The maximum Gasteiger partial charge on any atom is 0.0234 e. The maximum atomic E-state index is 6.18. The predicted octanol–water partition coefficient (Wildman–Crippen LogP) is 3.74. The highest BCUT2D eigenvalue weighted by Crippen LogP contribution is 2.29. The van der Waals surface area contributed by atoms with E-state index in [0.29, 0.717) is 6.04 Å².